The third-order valence-electron chi connectivity index (χ3n) is 3.10. The summed E-state index contributed by atoms with van der Waals surface area (Å²) in [5.74, 6) is 0.557. The summed E-state index contributed by atoms with van der Waals surface area (Å²) >= 11 is 0. The van der Waals surface area contributed by atoms with E-state index in [4.69, 9.17) is 5.73 Å². The van der Waals surface area contributed by atoms with Gasteiger partial charge in [-0.05, 0) is 48.0 Å². The summed E-state index contributed by atoms with van der Waals surface area (Å²) in [4.78, 5) is 4.51. The van der Waals surface area contributed by atoms with Gasteiger partial charge >= 0.3 is 0 Å². The zero-order chi connectivity index (χ0) is 13.9. The van der Waals surface area contributed by atoms with Gasteiger partial charge in [0, 0.05) is 17.6 Å². The summed E-state index contributed by atoms with van der Waals surface area (Å²) < 4.78 is 12.8. The second-order valence-electron chi connectivity index (χ2n) is 4.63. The maximum Gasteiger partial charge on any atom is 0.126 e. The van der Waals surface area contributed by atoms with Crippen molar-refractivity contribution in [3.8, 4) is 0 Å². The average Bonchev–Trinajstić information content (AvgIpc) is 2.46. The van der Waals surface area contributed by atoms with Crippen LogP contribution in [0.5, 0.6) is 0 Å². The molecule has 3 aromatic rings. The number of fused-ring (bicyclic) bond motifs is 1. The molecule has 0 aliphatic rings. The minimum atomic E-state index is -0.227. The molecule has 3 N–H and O–H groups in total. The van der Waals surface area contributed by atoms with E-state index in [9.17, 15) is 4.39 Å². The van der Waals surface area contributed by atoms with Crippen LogP contribution in [0.4, 0.5) is 15.9 Å². The van der Waals surface area contributed by atoms with Crippen LogP contribution in [-0.4, -0.2) is 4.98 Å². The summed E-state index contributed by atoms with van der Waals surface area (Å²) in [5.41, 5.74) is 8.36. The Bertz CT molecular complexity index is 738. The number of nitrogen functional groups attached to an aromatic ring is 1. The van der Waals surface area contributed by atoms with Gasteiger partial charge in [0.2, 0.25) is 0 Å². The molecule has 4 heteroatoms. The molecule has 1 aromatic heterocycles. The number of aromatic nitrogens is 1. The smallest absolute Gasteiger partial charge is 0.126 e. The van der Waals surface area contributed by atoms with E-state index in [1.54, 1.807) is 12.1 Å². The highest BCUT2D eigenvalue weighted by molar-refractivity contribution is 5.83. The van der Waals surface area contributed by atoms with Crippen molar-refractivity contribution in [1.82, 2.24) is 4.98 Å². The first-order valence-corrected chi connectivity index (χ1v) is 6.35. The zero-order valence-electron chi connectivity index (χ0n) is 10.8. The van der Waals surface area contributed by atoms with Crippen LogP contribution < -0.4 is 11.1 Å². The number of nitrogens with one attached hydrogen (secondary N) is 1. The molecule has 3 rings (SSSR count). The highest BCUT2D eigenvalue weighted by Crippen LogP contribution is 2.18. The number of rotatable bonds is 3. The lowest BCUT2D eigenvalue weighted by Crippen LogP contribution is -2.01. The molecule has 3 nitrogen and oxygen atoms in total. The molecule has 0 atom stereocenters. The van der Waals surface area contributed by atoms with Gasteiger partial charge in [0.25, 0.3) is 0 Å². The molecule has 0 saturated carbocycles. The normalized spacial score (nSPS) is 10.7. The first kappa shape index (κ1) is 12.4. The second kappa shape index (κ2) is 5.17. The predicted molar refractivity (Wildman–Crippen MR) is 79.9 cm³/mol. The Morgan fingerprint density at radius 2 is 1.80 bits per heavy atom. The molecule has 0 unspecified atom stereocenters. The molecule has 0 bridgehead atoms. The molecule has 0 aliphatic carbocycles. The number of pyridine rings is 1. The lowest BCUT2D eigenvalue weighted by Gasteiger charge is -2.07. The molecule has 0 spiro atoms. The lowest BCUT2D eigenvalue weighted by atomic mass is 10.2. The van der Waals surface area contributed by atoms with Gasteiger partial charge in [0.05, 0.1) is 5.52 Å². The van der Waals surface area contributed by atoms with Crippen LogP contribution in [0.3, 0.4) is 0 Å². The van der Waals surface area contributed by atoms with Crippen LogP contribution in [0.25, 0.3) is 10.9 Å². The fourth-order valence-electron chi connectivity index (χ4n) is 2.04. The number of hydrogen-bond donors (Lipinski definition) is 2. The van der Waals surface area contributed by atoms with Gasteiger partial charge in [0.1, 0.15) is 11.6 Å². The van der Waals surface area contributed by atoms with Gasteiger partial charge in [-0.25, -0.2) is 9.37 Å². The molecular weight excluding hydrogens is 253 g/mol. The maximum absolute atomic E-state index is 12.8. The van der Waals surface area contributed by atoms with Crippen LogP contribution >= 0.6 is 0 Å². The average molecular weight is 267 g/mol. The first-order chi connectivity index (χ1) is 9.70. The molecule has 0 aliphatic heterocycles. The summed E-state index contributed by atoms with van der Waals surface area (Å²) in [7, 11) is 0. The monoisotopic (exact) mass is 267 g/mol. The van der Waals surface area contributed by atoms with Gasteiger partial charge in [-0.2, -0.15) is 0 Å². The number of anilines is 2. The van der Waals surface area contributed by atoms with Crippen molar-refractivity contribution >= 4 is 22.4 Å². The number of halogens is 1. The predicted octanol–water partition coefficient (Wildman–Crippen LogP) is 3.57. The molecule has 0 fully saturated rings. The van der Waals surface area contributed by atoms with Crippen LogP contribution in [-0.2, 0) is 6.54 Å². The number of benzene rings is 2. The molecule has 0 radical (unpaired) electrons. The van der Waals surface area contributed by atoms with Crippen LogP contribution in [0, 0.1) is 5.82 Å². The Morgan fingerprint density at radius 1 is 1.00 bits per heavy atom. The number of nitrogens with zero attached hydrogens (tertiary/aromatic N) is 1. The Balaban J connectivity index is 1.77. The Hall–Kier alpha value is -2.62. The van der Waals surface area contributed by atoms with Crippen LogP contribution in [0.15, 0.2) is 54.6 Å². The minimum Gasteiger partial charge on any atom is -0.399 e. The molecule has 2 aromatic carbocycles. The molecule has 1 heterocycles. The Labute approximate surface area is 116 Å². The molecule has 0 saturated heterocycles. The highest BCUT2D eigenvalue weighted by Gasteiger charge is 1.99. The third-order valence-corrected chi connectivity index (χ3v) is 3.10. The van der Waals surface area contributed by atoms with Gasteiger partial charge in [-0.3, -0.25) is 0 Å². The fraction of sp³-hybridized carbons (Fsp3) is 0.0625. The van der Waals surface area contributed by atoms with E-state index >= 15 is 0 Å². The van der Waals surface area contributed by atoms with Crippen molar-refractivity contribution in [3.05, 3.63) is 66.0 Å². The lowest BCUT2D eigenvalue weighted by molar-refractivity contribution is 0.627. The largest absolute Gasteiger partial charge is 0.399 e. The van der Waals surface area contributed by atoms with E-state index in [2.05, 4.69) is 10.3 Å². The fourth-order valence-corrected chi connectivity index (χ4v) is 2.04. The van der Waals surface area contributed by atoms with Crippen molar-refractivity contribution in [3.63, 3.8) is 0 Å². The summed E-state index contributed by atoms with van der Waals surface area (Å²) in [6, 6.07) is 15.9. The highest BCUT2D eigenvalue weighted by atomic mass is 19.1. The van der Waals surface area contributed by atoms with Crippen LogP contribution in [0.2, 0.25) is 0 Å². The van der Waals surface area contributed by atoms with E-state index in [1.807, 2.05) is 30.3 Å². The van der Waals surface area contributed by atoms with E-state index in [1.165, 1.54) is 12.1 Å². The van der Waals surface area contributed by atoms with Gasteiger partial charge in [-0.15, -0.1) is 0 Å². The van der Waals surface area contributed by atoms with E-state index in [-0.39, 0.29) is 5.82 Å². The minimum absolute atomic E-state index is 0.227. The molecule has 100 valence electrons. The summed E-state index contributed by atoms with van der Waals surface area (Å²) in [5, 5.41) is 4.23. The molecule has 20 heavy (non-hydrogen) atoms. The van der Waals surface area contributed by atoms with E-state index < -0.39 is 0 Å². The van der Waals surface area contributed by atoms with Crippen LogP contribution in [0.1, 0.15) is 5.56 Å². The third kappa shape index (κ3) is 2.69. The van der Waals surface area contributed by atoms with Gasteiger partial charge in [-0.1, -0.05) is 12.1 Å². The van der Waals surface area contributed by atoms with Crippen molar-refractivity contribution < 1.29 is 4.39 Å². The van der Waals surface area contributed by atoms with Gasteiger partial charge in [0.15, 0.2) is 0 Å². The zero-order valence-corrected chi connectivity index (χ0v) is 10.8. The Kier molecular flexibility index (Phi) is 3.21. The summed E-state index contributed by atoms with van der Waals surface area (Å²) in [6.07, 6.45) is 0. The standard InChI is InChI=1S/C16H14FN3/c17-13-4-1-11(2-5-13)10-19-16-8-3-12-9-14(18)6-7-15(12)20-16/h1-9H,10,18H2,(H,19,20). The number of nitrogens with two attached hydrogens (primary N) is 1. The second-order valence-corrected chi connectivity index (χ2v) is 4.63. The summed E-state index contributed by atoms with van der Waals surface area (Å²) in [6.45, 7) is 0.605. The van der Waals surface area contributed by atoms with Crippen molar-refractivity contribution in [2.24, 2.45) is 0 Å². The van der Waals surface area contributed by atoms with Crippen molar-refractivity contribution in [1.29, 1.82) is 0 Å². The van der Waals surface area contributed by atoms with E-state index in [0.29, 0.717) is 6.54 Å². The van der Waals surface area contributed by atoms with Gasteiger partial charge < -0.3 is 11.1 Å². The maximum atomic E-state index is 12.8. The topological polar surface area (TPSA) is 50.9 Å². The van der Waals surface area contributed by atoms with Crippen molar-refractivity contribution in [2.45, 2.75) is 6.54 Å². The van der Waals surface area contributed by atoms with Crippen molar-refractivity contribution in [2.75, 3.05) is 11.1 Å². The number of hydrogen-bond acceptors (Lipinski definition) is 3. The van der Waals surface area contributed by atoms with E-state index in [0.717, 1.165) is 28.0 Å². The Morgan fingerprint density at radius 3 is 2.60 bits per heavy atom. The first-order valence-electron chi connectivity index (χ1n) is 6.35. The molecule has 0 amide bonds. The SMILES string of the molecule is Nc1ccc2nc(NCc3ccc(F)cc3)ccc2c1. The molecular formula is C16H14FN3. The quantitative estimate of drug-likeness (QED) is 0.713.